The zero-order valence-corrected chi connectivity index (χ0v) is 16.9. The molecule has 29 heavy (non-hydrogen) atoms. The van der Waals surface area contributed by atoms with Crippen LogP contribution in [0.1, 0.15) is 41.0 Å². The van der Waals surface area contributed by atoms with E-state index in [1.165, 1.54) is 16.7 Å². The highest BCUT2D eigenvalue weighted by molar-refractivity contribution is 5.93. The molecular weight excluding hydrogens is 356 g/mol. The number of benzene rings is 3. The van der Waals surface area contributed by atoms with E-state index in [-0.39, 0.29) is 11.9 Å². The lowest BCUT2D eigenvalue weighted by atomic mass is 9.96. The van der Waals surface area contributed by atoms with Crippen LogP contribution in [-0.4, -0.2) is 12.6 Å². The Labute approximate surface area is 172 Å². The number of carbonyl (C=O) groups is 1. The molecule has 1 fully saturated rings. The quantitative estimate of drug-likeness (QED) is 0.378. The van der Waals surface area contributed by atoms with Crippen LogP contribution in [-0.2, 0) is 9.53 Å². The Morgan fingerprint density at radius 2 is 1.34 bits per heavy atom. The highest BCUT2D eigenvalue weighted by Crippen LogP contribution is 2.65. The minimum atomic E-state index is -0.270. The minimum Gasteiger partial charge on any atom is -0.463 e. The molecule has 1 saturated carbocycles. The second-order valence-corrected chi connectivity index (χ2v) is 7.62. The molecule has 4 rings (SSSR count). The topological polar surface area (TPSA) is 26.3 Å². The number of carbonyl (C=O) groups excluding carboxylic acids is 1. The first kappa shape index (κ1) is 19.2. The summed E-state index contributed by atoms with van der Waals surface area (Å²) in [6.45, 7) is 4.30. The SMILES string of the molecule is CCOC(=O)/C=C(/c1ccc(C)cc1)C1[C@@H](c2ccccc2)[C@H]1c1ccccc1. The first-order valence-electron chi connectivity index (χ1n) is 10.2. The van der Waals surface area contributed by atoms with Crippen molar-refractivity contribution in [3.63, 3.8) is 0 Å². The standard InChI is InChI=1S/C27H26O2/c1-3-29-24(28)18-23(20-16-14-19(2)15-17-20)27-25(21-10-6-4-7-11-21)26(27)22-12-8-5-9-13-22/h4-18,25-27H,3H2,1-2H3/b23-18-/t25-,26+,27?. The molecule has 1 aliphatic rings. The number of aryl methyl sites for hydroxylation is 1. The first-order valence-corrected chi connectivity index (χ1v) is 10.2. The maximum atomic E-state index is 12.4. The van der Waals surface area contributed by atoms with Crippen molar-refractivity contribution in [2.45, 2.75) is 25.7 Å². The Morgan fingerprint density at radius 3 is 1.83 bits per heavy atom. The average Bonchev–Trinajstić information content (AvgIpc) is 3.50. The van der Waals surface area contributed by atoms with Crippen LogP contribution in [0.5, 0.6) is 0 Å². The predicted octanol–water partition coefficient (Wildman–Crippen LogP) is 6.14. The van der Waals surface area contributed by atoms with Crippen LogP contribution in [0.2, 0.25) is 0 Å². The number of rotatable bonds is 6. The van der Waals surface area contributed by atoms with Gasteiger partial charge in [-0.2, -0.15) is 0 Å². The average molecular weight is 383 g/mol. The molecule has 2 heteroatoms. The fourth-order valence-electron chi connectivity index (χ4n) is 4.31. The summed E-state index contributed by atoms with van der Waals surface area (Å²) in [7, 11) is 0. The number of ether oxygens (including phenoxy) is 1. The number of hydrogen-bond acceptors (Lipinski definition) is 2. The Bertz CT molecular complexity index is 942. The summed E-state index contributed by atoms with van der Waals surface area (Å²) in [6.07, 6.45) is 1.71. The van der Waals surface area contributed by atoms with Gasteiger partial charge in [-0.1, -0.05) is 90.5 Å². The van der Waals surface area contributed by atoms with E-state index in [1.807, 2.05) is 19.1 Å². The van der Waals surface area contributed by atoms with Gasteiger partial charge in [-0.15, -0.1) is 0 Å². The second kappa shape index (κ2) is 8.48. The molecular formula is C27H26O2. The van der Waals surface area contributed by atoms with Crippen LogP contribution in [0, 0.1) is 12.8 Å². The number of esters is 1. The monoisotopic (exact) mass is 382 g/mol. The molecule has 146 valence electrons. The van der Waals surface area contributed by atoms with E-state index >= 15 is 0 Å². The van der Waals surface area contributed by atoms with Gasteiger partial charge in [0.15, 0.2) is 0 Å². The summed E-state index contributed by atoms with van der Waals surface area (Å²) in [4.78, 5) is 12.4. The molecule has 1 aliphatic carbocycles. The van der Waals surface area contributed by atoms with Crippen molar-refractivity contribution in [2.24, 2.45) is 5.92 Å². The van der Waals surface area contributed by atoms with Crippen molar-refractivity contribution in [1.82, 2.24) is 0 Å². The van der Waals surface area contributed by atoms with E-state index in [0.717, 1.165) is 11.1 Å². The van der Waals surface area contributed by atoms with Gasteiger partial charge >= 0.3 is 5.97 Å². The van der Waals surface area contributed by atoms with E-state index in [9.17, 15) is 4.79 Å². The Hall–Kier alpha value is -3.13. The van der Waals surface area contributed by atoms with Crippen LogP contribution in [0.3, 0.4) is 0 Å². The summed E-state index contributed by atoms with van der Waals surface area (Å²) in [5.74, 6) is 0.668. The lowest BCUT2D eigenvalue weighted by molar-refractivity contribution is -0.137. The molecule has 1 unspecified atom stereocenters. The highest BCUT2D eigenvalue weighted by atomic mass is 16.5. The van der Waals surface area contributed by atoms with Crippen molar-refractivity contribution in [1.29, 1.82) is 0 Å². The summed E-state index contributed by atoms with van der Waals surface area (Å²) in [5.41, 5.74) is 5.99. The molecule has 0 saturated heterocycles. The summed E-state index contributed by atoms with van der Waals surface area (Å²) < 4.78 is 5.26. The number of hydrogen-bond donors (Lipinski definition) is 0. The van der Waals surface area contributed by atoms with Gasteiger partial charge in [0.05, 0.1) is 6.61 Å². The molecule has 0 radical (unpaired) electrons. The Kier molecular flexibility index (Phi) is 5.62. The molecule has 3 aromatic carbocycles. The van der Waals surface area contributed by atoms with Crippen molar-refractivity contribution in [3.8, 4) is 0 Å². The zero-order chi connectivity index (χ0) is 20.2. The third kappa shape index (κ3) is 4.17. The Morgan fingerprint density at radius 1 is 0.828 bits per heavy atom. The van der Waals surface area contributed by atoms with Crippen LogP contribution in [0.4, 0.5) is 0 Å². The molecule has 0 spiro atoms. The van der Waals surface area contributed by atoms with E-state index in [1.54, 1.807) is 6.08 Å². The molecule has 3 atom stereocenters. The van der Waals surface area contributed by atoms with Crippen molar-refractivity contribution < 1.29 is 9.53 Å². The zero-order valence-electron chi connectivity index (χ0n) is 16.9. The maximum absolute atomic E-state index is 12.4. The van der Waals surface area contributed by atoms with E-state index in [4.69, 9.17) is 4.74 Å². The maximum Gasteiger partial charge on any atom is 0.331 e. The largest absolute Gasteiger partial charge is 0.463 e. The summed E-state index contributed by atoms with van der Waals surface area (Å²) in [6, 6.07) is 29.7. The third-order valence-corrected chi connectivity index (χ3v) is 5.69. The number of allylic oxidation sites excluding steroid dienone is 1. The molecule has 0 aromatic heterocycles. The smallest absolute Gasteiger partial charge is 0.331 e. The normalized spacial score (nSPS) is 20.9. The van der Waals surface area contributed by atoms with E-state index < -0.39 is 0 Å². The lowest BCUT2D eigenvalue weighted by Gasteiger charge is -2.09. The van der Waals surface area contributed by atoms with Gasteiger partial charge in [0, 0.05) is 6.08 Å². The van der Waals surface area contributed by atoms with Gasteiger partial charge in [0.2, 0.25) is 0 Å². The van der Waals surface area contributed by atoms with Crippen molar-refractivity contribution in [2.75, 3.05) is 6.61 Å². The fourth-order valence-corrected chi connectivity index (χ4v) is 4.31. The Balaban J connectivity index is 1.78. The van der Waals surface area contributed by atoms with Gasteiger partial charge < -0.3 is 4.74 Å². The van der Waals surface area contributed by atoms with Gasteiger partial charge in [-0.25, -0.2) is 4.79 Å². The first-order chi connectivity index (χ1) is 14.2. The van der Waals surface area contributed by atoms with E-state index in [2.05, 4.69) is 79.7 Å². The third-order valence-electron chi connectivity index (χ3n) is 5.69. The van der Waals surface area contributed by atoms with Gasteiger partial charge in [-0.3, -0.25) is 0 Å². The van der Waals surface area contributed by atoms with Gasteiger partial charge in [-0.05, 0) is 53.9 Å². The predicted molar refractivity (Wildman–Crippen MR) is 118 cm³/mol. The van der Waals surface area contributed by atoms with Crippen molar-refractivity contribution >= 4 is 11.5 Å². The lowest BCUT2D eigenvalue weighted by Crippen LogP contribution is -2.03. The molecule has 3 aromatic rings. The molecule has 0 N–H and O–H groups in total. The highest BCUT2D eigenvalue weighted by Gasteiger charge is 2.53. The van der Waals surface area contributed by atoms with Crippen LogP contribution in [0.25, 0.3) is 5.57 Å². The van der Waals surface area contributed by atoms with Gasteiger partial charge in [0.25, 0.3) is 0 Å². The van der Waals surface area contributed by atoms with Crippen LogP contribution in [0.15, 0.2) is 91.0 Å². The molecule has 2 nitrogen and oxygen atoms in total. The van der Waals surface area contributed by atoms with Crippen LogP contribution < -0.4 is 0 Å². The van der Waals surface area contributed by atoms with Crippen molar-refractivity contribution in [3.05, 3.63) is 113 Å². The summed E-state index contributed by atoms with van der Waals surface area (Å²) in [5, 5.41) is 0. The van der Waals surface area contributed by atoms with Gasteiger partial charge in [0.1, 0.15) is 0 Å². The molecule has 0 amide bonds. The second-order valence-electron chi connectivity index (χ2n) is 7.62. The summed E-state index contributed by atoms with van der Waals surface area (Å²) >= 11 is 0. The molecule has 0 heterocycles. The fraction of sp³-hybridized carbons (Fsp3) is 0.222. The molecule has 0 aliphatic heterocycles. The van der Waals surface area contributed by atoms with E-state index in [0.29, 0.717) is 18.4 Å². The van der Waals surface area contributed by atoms with Crippen LogP contribution >= 0.6 is 0 Å². The molecule has 0 bridgehead atoms. The minimum absolute atomic E-state index is 0.243.